The Balaban J connectivity index is 1.83. The fraction of sp³-hybridized carbons (Fsp3) is 0.800. The third kappa shape index (κ3) is 3.76. The molecule has 4 amide bonds. The average molecular weight is 311 g/mol. The first-order valence-electron chi connectivity index (χ1n) is 7.98. The van der Waals surface area contributed by atoms with E-state index in [1.807, 2.05) is 13.8 Å². The van der Waals surface area contributed by atoms with E-state index in [-0.39, 0.29) is 24.8 Å². The number of imide groups is 1. The van der Waals surface area contributed by atoms with Crippen LogP contribution in [0.25, 0.3) is 0 Å². The van der Waals surface area contributed by atoms with Crippen LogP contribution in [0.2, 0.25) is 0 Å². The van der Waals surface area contributed by atoms with Gasteiger partial charge in [0.25, 0.3) is 5.91 Å². The number of carbonyl (C=O) groups excluding carboxylic acids is 3. The van der Waals surface area contributed by atoms with Crippen molar-refractivity contribution in [2.24, 2.45) is 5.92 Å². The van der Waals surface area contributed by atoms with Crippen molar-refractivity contribution >= 4 is 17.8 Å². The van der Waals surface area contributed by atoms with Crippen molar-refractivity contribution in [2.75, 3.05) is 13.2 Å². The standard InChI is InChI=1S/C15H25N3O4/c1-11(2)10-22-9-6-12(19)17-18-13(20)15(16-14(18)21)7-4-3-5-8-15/h11H,3-10H2,1-2H3,(H,16,21)(H,17,19). The van der Waals surface area contributed by atoms with Crippen LogP contribution in [0.15, 0.2) is 0 Å². The fourth-order valence-corrected chi connectivity index (χ4v) is 2.88. The Morgan fingerprint density at radius 3 is 2.64 bits per heavy atom. The molecule has 1 spiro atoms. The number of rotatable bonds is 6. The second-order valence-corrected chi connectivity index (χ2v) is 6.47. The zero-order valence-corrected chi connectivity index (χ0v) is 13.3. The summed E-state index contributed by atoms with van der Waals surface area (Å²) in [5.74, 6) is -0.325. The molecular formula is C15H25N3O4. The van der Waals surface area contributed by atoms with E-state index in [0.717, 1.165) is 24.3 Å². The maximum absolute atomic E-state index is 12.4. The molecule has 2 aliphatic rings. The molecule has 1 saturated heterocycles. The molecule has 0 radical (unpaired) electrons. The second-order valence-electron chi connectivity index (χ2n) is 6.47. The van der Waals surface area contributed by atoms with Gasteiger partial charge in [-0.05, 0) is 18.8 Å². The summed E-state index contributed by atoms with van der Waals surface area (Å²) in [5, 5.41) is 3.58. The van der Waals surface area contributed by atoms with Gasteiger partial charge in [-0.2, -0.15) is 5.01 Å². The minimum absolute atomic E-state index is 0.122. The molecule has 0 unspecified atom stereocenters. The third-order valence-corrected chi connectivity index (χ3v) is 4.03. The Bertz CT molecular complexity index is 444. The highest BCUT2D eigenvalue weighted by molar-refractivity contribution is 6.07. The molecule has 2 fully saturated rings. The van der Waals surface area contributed by atoms with Gasteiger partial charge < -0.3 is 10.1 Å². The molecule has 1 heterocycles. The summed E-state index contributed by atoms with van der Waals surface area (Å²) in [7, 11) is 0. The van der Waals surface area contributed by atoms with Crippen molar-refractivity contribution in [1.82, 2.24) is 15.8 Å². The van der Waals surface area contributed by atoms with Gasteiger partial charge in [0.1, 0.15) is 5.54 Å². The number of hydrogen-bond acceptors (Lipinski definition) is 4. The molecule has 0 atom stereocenters. The van der Waals surface area contributed by atoms with Crippen LogP contribution in [-0.4, -0.2) is 41.6 Å². The SMILES string of the molecule is CC(C)COCCC(=O)NN1C(=O)NC2(CCCCC2)C1=O. The zero-order valence-electron chi connectivity index (χ0n) is 13.3. The summed E-state index contributed by atoms with van der Waals surface area (Å²) in [6, 6.07) is -0.539. The van der Waals surface area contributed by atoms with E-state index >= 15 is 0 Å². The van der Waals surface area contributed by atoms with Crippen molar-refractivity contribution in [3.8, 4) is 0 Å². The monoisotopic (exact) mass is 311 g/mol. The minimum Gasteiger partial charge on any atom is -0.381 e. The lowest BCUT2D eigenvalue weighted by atomic mass is 9.82. The first-order chi connectivity index (χ1) is 10.4. The molecule has 22 heavy (non-hydrogen) atoms. The van der Waals surface area contributed by atoms with Gasteiger partial charge >= 0.3 is 6.03 Å². The number of nitrogens with zero attached hydrogens (tertiary/aromatic N) is 1. The lowest BCUT2D eigenvalue weighted by Gasteiger charge is -2.30. The number of carbonyl (C=O) groups is 3. The van der Waals surface area contributed by atoms with Gasteiger partial charge in [-0.3, -0.25) is 15.0 Å². The number of hydrogen-bond donors (Lipinski definition) is 2. The topological polar surface area (TPSA) is 87.7 Å². The Kier molecular flexibility index (Phi) is 5.39. The van der Waals surface area contributed by atoms with Crippen LogP contribution in [0.1, 0.15) is 52.4 Å². The second kappa shape index (κ2) is 7.09. The summed E-state index contributed by atoms with van der Waals surface area (Å²) in [6.45, 7) is 4.91. The molecule has 1 saturated carbocycles. The maximum atomic E-state index is 12.4. The average Bonchev–Trinajstić information content (AvgIpc) is 2.69. The van der Waals surface area contributed by atoms with Gasteiger partial charge in [-0.25, -0.2) is 4.79 Å². The highest BCUT2D eigenvalue weighted by Crippen LogP contribution is 2.32. The Hall–Kier alpha value is -1.63. The number of urea groups is 1. The number of ether oxygens (including phenoxy) is 1. The Labute approximate surface area is 130 Å². The van der Waals surface area contributed by atoms with E-state index in [1.165, 1.54) is 0 Å². The molecule has 1 aliphatic carbocycles. The van der Waals surface area contributed by atoms with Crippen LogP contribution in [0.4, 0.5) is 4.79 Å². The predicted octanol–water partition coefficient (Wildman–Crippen LogP) is 1.33. The van der Waals surface area contributed by atoms with E-state index in [0.29, 0.717) is 25.4 Å². The normalized spacial score (nSPS) is 20.6. The highest BCUT2D eigenvalue weighted by Gasteiger charge is 2.52. The van der Waals surface area contributed by atoms with Crippen LogP contribution in [0, 0.1) is 5.92 Å². The lowest BCUT2D eigenvalue weighted by molar-refractivity contribution is -0.140. The Morgan fingerprint density at radius 1 is 1.32 bits per heavy atom. The van der Waals surface area contributed by atoms with Crippen molar-refractivity contribution < 1.29 is 19.1 Å². The van der Waals surface area contributed by atoms with E-state index in [1.54, 1.807) is 0 Å². The lowest BCUT2D eigenvalue weighted by Crippen LogP contribution is -2.51. The molecule has 0 aromatic carbocycles. The van der Waals surface area contributed by atoms with E-state index < -0.39 is 11.6 Å². The first-order valence-corrected chi connectivity index (χ1v) is 7.98. The van der Waals surface area contributed by atoms with E-state index in [2.05, 4.69) is 10.7 Å². The van der Waals surface area contributed by atoms with Crippen LogP contribution in [-0.2, 0) is 14.3 Å². The summed E-state index contributed by atoms with van der Waals surface area (Å²) in [6.07, 6.45) is 4.30. The van der Waals surface area contributed by atoms with Gasteiger partial charge in [0.2, 0.25) is 5.91 Å². The molecule has 0 aromatic rings. The molecule has 2 rings (SSSR count). The fourth-order valence-electron chi connectivity index (χ4n) is 2.88. The van der Waals surface area contributed by atoms with Crippen LogP contribution in [0.5, 0.6) is 0 Å². The maximum Gasteiger partial charge on any atom is 0.344 e. The van der Waals surface area contributed by atoms with Crippen LogP contribution >= 0.6 is 0 Å². The Morgan fingerprint density at radius 2 is 2.00 bits per heavy atom. The van der Waals surface area contributed by atoms with Gasteiger partial charge in [0.05, 0.1) is 13.0 Å². The molecular weight excluding hydrogens is 286 g/mol. The molecule has 2 N–H and O–H groups in total. The smallest absolute Gasteiger partial charge is 0.344 e. The summed E-state index contributed by atoms with van der Waals surface area (Å²) >= 11 is 0. The summed E-state index contributed by atoms with van der Waals surface area (Å²) in [4.78, 5) is 36.2. The van der Waals surface area contributed by atoms with Crippen molar-refractivity contribution in [3.05, 3.63) is 0 Å². The summed E-state index contributed by atoms with van der Waals surface area (Å²) in [5.41, 5.74) is 1.58. The van der Waals surface area contributed by atoms with Crippen molar-refractivity contribution in [3.63, 3.8) is 0 Å². The largest absolute Gasteiger partial charge is 0.381 e. The third-order valence-electron chi connectivity index (χ3n) is 4.03. The zero-order chi connectivity index (χ0) is 16.2. The van der Waals surface area contributed by atoms with Crippen LogP contribution in [0.3, 0.4) is 0 Å². The van der Waals surface area contributed by atoms with Crippen molar-refractivity contribution in [1.29, 1.82) is 0 Å². The van der Waals surface area contributed by atoms with Gasteiger partial charge in [0.15, 0.2) is 0 Å². The van der Waals surface area contributed by atoms with Gasteiger partial charge in [-0.15, -0.1) is 0 Å². The number of nitrogens with one attached hydrogen (secondary N) is 2. The molecule has 0 bridgehead atoms. The number of hydrazine groups is 1. The van der Waals surface area contributed by atoms with Gasteiger partial charge in [0, 0.05) is 6.61 Å². The molecule has 1 aliphatic heterocycles. The molecule has 124 valence electrons. The molecule has 7 nitrogen and oxygen atoms in total. The van der Waals surface area contributed by atoms with E-state index in [9.17, 15) is 14.4 Å². The van der Waals surface area contributed by atoms with Gasteiger partial charge in [-0.1, -0.05) is 33.1 Å². The minimum atomic E-state index is -0.809. The quantitative estimate of drug-likeness (QED) is 0.572. The predicted molar refractivity (Wildman–Crippen MR) is 79.6 cm³/mol. The molecule has 7 heteroatoms. The van der Waals surface area contributed by atoms with Crippen molar-refractivity contribution in [2.45, 2.75) is 57.9 Å². The van der Waals surface area contributed by atoms with Crippen LogP contribution < -0.4 is 10.7 Å². The summed E-state index contributed by atoms with van der Waals surface area (Å²) < 4.78 is 5.33. The molecule has 0 aromatic heterocycles. The van der Waals surface area contributed by atoms with E-state index in [4.69, 9.17) is 4.74 Å². The number of amides is 4. The first kappa shape index (κ1) is 16.7. The highest BCUT2D eigenvalue weighted by atomic mass is 16.5.